The van der Waals surface area contributed by atoms with Crippen LogP contribution in [0.3, 0.4) is 0 Å². The van der Waals surface area contributed by atoms with Gasteiger partial charge in [-0.05, 0) is 90.3 Å². The van der Waals surface area contributed by atoms with Gasteiger partial charge >= 0.3 is 12.1 Å². The van der Waals surface area contributed by atoms with E-state index in [1.54, 1.807) is 40.0 Å². The average Bonchev–Trinajstić information content (AvgIpc) is 3.93. The second kappa shape index (κ2) is 23.0. The summed E-state index contributed by atoms with van der Waals surface area (Å²) in [7, 11) is 5.86. The molecule has 4 fully saturated rings. The Hall–Kier alpha value is -4.49. The fraction of sp³-hybridized carbons (Fsp3) is 0.653. The maximum atomic E-state index is 14.3. The number of rotatable bonds is 22. The molecule has 5 rings (SSSR count). The van der Waals surface area contributed by atoms with Crippen molar-refractivity contribution in [2.24, 2.45) is 17.8 Å². The summed E-state index contributed by atoms with van der Waals surface area (Å²) >= 11 is 8.01. The molecule has 5 amide bonds. The number of nitrogens with one attached hydrogen (secondary N) is 1. The number of aliphatic hydroxyl groups is 1. The zero-order valence-corrected chi connectivity index (χ0v) is 42.5. The maximum Gasteiger partial charge on any atom is 0.409 e. The van der Waals surface area contributed by atoms with Gasteiger partial charge in [-0.25, -0.2) is 9.59 Å². The number of hydrogen-bond donors (Lipinski definition) is 2. The molecule has 0 bridgehead atoms. The summed E-state index contributed by atoms with van der Waals surface area (Å²) in [5, 5.41) is 13.4. The number of thioether (sulfide) groups is 1. The number of ether oxygens (including phenoxy) is 5. The number of imide groups is 1. The van der Waals surface area contributed by atoms with Crippen molar-refractivity contribution in [3.8, 4) is 5.75 Å². The van der Waals surface area contributed by atoms with Crippen LogP contribution in [0.2, 0.25) is 5.02 Å². The van der Waals surface area contributed by atoms with Gasteiger partial charge in [-0.15, -0.1) is 18.3 Å². The molecule has 2 N–H and O–H groups in total. The van der Waals surface area contributed by atoms with Crippen molar-refractivity contribution in [1.29, 1.82) is 0 Å². The average molecular weight is 990 g/mol. The molecular formula is C49H69ClN4O13S. The topological polar surface area (TPSA) is 211 Å². The van der Waals surface area contributed by atoms with E-state index in [2.05, 4.69) is 11.9 Å². The molecule has 1 aromatic rings. The Balaban J connectivity index is 1.28. The Morgan fingerprint density at radius 1 is 1.09 bits per heavy atom. The van der Waals surface area contributed by atoms with Crippen LogP contribution in [0.15, 0.2) is 36.4 Å². The van der Waals surface area contributed by atoms with Crippen LogP contribution in [0.4, 0.5) is 10.5 Å². The molecule has 0 aromatic heterocycles. The molecule has 3 saturated heterocycles. The number of nitrogens with zero attached hydrogens (tertiary/aromatic N) is 3. The van der Waals surface area contributed by atoms with Gasteiger partial charge < -0.3 is 38.6 Å². The summed E-state index contributed by atoms with van der Waals surface area (Å²) in [6.45, 7) is 14.5. The van der Waals surface area contributed by atoms with Gasteiger partial charge in [-0.2, -0.15) is 0 Å². The highest BCUT2D eigenvalue weighted by atomic mass is 35.5. The monoisotopic (exact) mass is 988 g/mol. The van der Waals surface area contributed by atoms with Crippen LogP contribution in [0, 0.1) is 17.8 Å². The number of likely N-dealkylation sites (N-methyl/N-ethyl adjacent to an activating group) is 1. The van der Waals surface area contributed by atoms with Crippen LogP contribution in [-0.4, -0.2) is 144 Å². The van der Waals surface area contributed by atoms with E-state index in [-0.39, 0.29) is 65.9 Å². The number of anilines is 1. The fourth-order valence-electron chi connectivity index (χ4n) is 9.44. The molecule has 1 aliphatic carbocycles. The Kier molecular flexibility index (Phi) is 18.4. The summed E-state index contributed by atoms with van der Waals surface area (Å²) in [4.78, 5) is 96.6. The minimum absolute atomic E-state index is 0.0348. The van der Waals surface area contributed by atoms with Crippen LogP contribution in [0.25, 0.3) is 0 Å². The number of carbonyl (C=O) groups excluding carboxylic acids is 7. The van der Waals surface area contributed by atoms with Crippen molar-refractivity contribution in [2.45, 2.75) is 146 Å². The largest absolute Gasteiger partial charge is 0.495 e. The number of alkyl carbamates (subject to hydrolysis) is 1. The first kappa shape index (κ1) is 54.5. The summed E-state index contributed by atoms with van der Waals surface area (Å²) < 4.78 is 29.0. The van der Waals surface area contributed by atoms with E-state index in [1.165, 1.54) is 60.7 Å². The lowest BCUT2D eigenvalue weighted by Crippen LogP contribution is -2.63. The SMILES string of the molecule is C=C[C@@H](OC)[C@@]1(O)C[C@@H]([C@@H](C)[C@@H]2O[C@@]2(C)[C@H](CC(=O)N(C)c2cc(C/C(C)=C/C)cc(OC)c2Cl)OC(=O)[C@H](C)N(C)C(=O)CCS[C@H]2CC(=O)N(C[C@H]3CC[C@H](C(C)=O)CC3)C2=O)OC(=O)N1. The van der Waals surface area contributed by atoms with Gasteiger partial charge in [0.25, 0.3) is 0 Å². The number of epoxide rings is 1. The molecule has 19 heteroatoms. The molecule has 376 valence electrons. The Morgan fingerprint density at radius 2 is 1.76 bits per heavy atom. The summed E-state index contributed by atoms with van der Waals surface area (Å²) in [5.74, 6) is -1.87. The molecule has 17 nitrogen and oxygen atoms in total. The normalized spacial score (nSPS) is 27.8. The van der Waals surface area contributed by atoms with Crippen molar-refractivity contribution < 1.29 is 62.4 Å². The van der Waals surface area contributed by atoms with Gasteiger partial charge in [0, 0.05) is 64.6 Å². The van der Waals surface area contributed by atoms with Gasteiger partial charge in [0.1, 0.15) is 46.5 Å². The lowest BCUT2D eigenvalue weighted by molar-refractivity contribution is -0.162. The first-order chi connectivity index (χ1) is 32.0. The smallest absolute Gasteiger partial charge is 0.409 e. The highest BCUT2D eigenvalue weighted by molar-refractivity contribution is 8.00. The van der Waals surface area contributed by atoms with Gasteiger partial charge in [0.15, 0.2) is 5.72 Å². The molecule has 68 heavy (non-hydrogen) atoms. The molecule has 3 aliphatic heterocycles. The third-order valence-electron chi connectivity index (χ3n) is 14.3. The van der Waals surface area contributed by atoms with Gasteiger partial charge in [-0.3, -0.25) is 34.2 Å². The van der Waals surface area contributed by atoms with Gasteiger partial charge in [-0.1, -0.05) is 36.2 Å². The van der Waals surface area contributed by atoms with Crippen molar-refractivity contribution >= 4 is 70.5 Å². The zero-order chi connectivity index (χ0) is 50.4. The van der Waals surface area contributed by atoms with E-state index < -0.39 is 76.8 Å². The molecule has 1 aromatic carbocycles. The number of carbonyl (C=O) groups is 7. The van der Waals surface area contributed by atoms with Crippen LogP contribution < -0.4 is 15.0 Å². The fourth-order valence-corrected chi connectivity index (χ4v) is 10.9. The van der Waals surface area contributed by atoms with Crippen molar-refractivity contribution in [3.63, 3.8) is 0 Å². The quantitative estimate of drug-likeness (QED) is 0.0610. The Labute approximate surface area is 408 Å². The number of ketones is 1. The first-order valence-corrected chi connectivity index (χ1v) is 24.7. The molecule has 0 unspecified atom stereocenters. The van der Waals surface area contributed by atoms with Crippen molar-refractivity contribution in [1.82, 2.24) is 15.1 Å². The number of Topliss-reactive ketones (excluding diaryl/α,β-unsaturated/α-hetero) is 1. The molecule has 9 atom stereocenters. The molecule has 4 aliphatic rings. The van der Waals surface area contributed by atoms with E-state index in [0.717, 1.165) is 36.8 Å². The highest BCUT2D eigenvalue weighted by Gasteiger charge is 2.64. The van der Waals surface area contributed by atoms with Gasteiger partial charge in [0.2, 0.25) is 23.6 Å². The van der Waals surface area contributed by atoms with Crippen LogP contribution >= 0.6 is 23.4 Å². The maximum absolute atomic E-state index is 14.3. The highest BCUT2D eigenvalue weighted by Crippen LogP contribution is 2.49. The summed E-state index contributed by atoms with van der Waals surface area (Å²) in [6, 6.07) is 2.47. The number of halogens is 1. The number of benzene rings is 1. The predicted molar refractivity (Wildman–Crippen MR) is 256 cm³/mol. The zero-order valence-electron chi connectivity index (χ0n) is 41.0. The third kappa shape index (κ3) is 12.4. The van der Waals surface area contributed by atoms with Crippen LogP contribution in [0.1, 0.15) is 98.5 Å². The number of hydrogen-bond acceptors (Lipinski definition) is 14. The number of amides is 5. The molecule has 0 radical (unpaired) electrons. The second-order valence-corrected chi connectivity index (χ2v) is 20.5. The third-order valence-corrected chi connectivity index (χ3v) is 15.9. The Morgan fingerprint density at radius 3 is 2.37 bits per heavy atom. The molecule has 3 heterocycles. The van der Waals surface area contributed by atoms with Crippen molar-refractivity contribution in [2.75, 3.05) is 45.5 Å². The number of cyclic esters (lactones) is 1. The summed E-state index contributed by atoms with van der Waals surface area (Å²) in [5.41, 5.74) is -0.865. The van der Waals surface area contributed by atoms with E-state index in [0.29, 0.717) is 24.4 Å². The Bertz CT molecular complexity index is 2130. The van der Waals surface area contributed by atoms with Crippen LogP contribution in [-0.2, 0) is 54.1 Å². The van der Waals surface area contributed by atoms with E-state index >= 15 is 0 Å². The number of likely N-dealkylation sites (tertiary alicyclic amines) is 1. The predicted octanol–water partition coefficient (Wildman–Crippen LogP) is 5.80. The second-order valence-electron chi connectivity index (χ2n) is 18.9. The van der Waals surface area contributed by atoms with Crippen molar-refractivity contribution in [3.05, 3.63) is 47.0 Å². The number of esters is 1. The number of allylic oxidation sites excluding steroid dienone is 2. The van der Waals surface area contributed by atoms with Crippen LogP contribution in [0.5, 0.6) is 5.75 Å². The standard InChI is InChI=1S/C49H69ClN4O13S/c1-12-27(3)20-32-21-34(43(50)35(22-32)63-10)53(9)41(57)24-39(48(7)44(67-48)28(4)36-25-49(62,38(13-2)64-11)51-47(61)65-36)66-46(60)29(5)52(8)40(56)18-19-68-37-23-42(58)54(45(37)59)26-31-14-16-33(17-15-31)30(6)55/h12-13,21-22,28-29,31,33,36-39,44,62H,2,14-20,23-26H2,1,3-11H3,(H,51,61)/b27-12+/t28-,29+,31-,33-,36+,37+,38-,39+,44+,48+,49+/m1/s1. The lowest BCUT2D eigenvalue weighted by atomic mass is 9.80. The van der Waals surface area contributed by atoms with E-state index in [1.807, 2.05) is 19.9 Å². The number of methoxy groups -OCH3 is 2. The molecular weight excluding hydrogens is 920 g/mol. The minimum Gasteiger partial charge on any atom is -0.495 e. The summed E-state index contributed by atoms with van der Waals surface area (Å²) in [6.07, 6.45) is 1.78. The first-order valence-electron chi connectivity index (χ1n) is 23.2. The molecule has 1 saturated carbocycles. The minimum atomic E-state index is -1.85. The lowest BCUT2D eigenvalue weighted by Gasteiger charge is -2.42. The van der Waals surface area contributed by atoms with Gasteiger partial charge in [0.05, 0.1) is 30.6 Å². The van der Waals surface area contributed by atoms with E-state index in [4.69, 9.17) is 35.3 Å². The van der Waals surface area contributed by atoms with E-state index in [9.17, 15) is 38.7 Å². The molecule has 0 spiro atoms.